The molecule has 1 aliphatic heterocycles. The van der Waals surface area contributed by atoms with Gasteiger partial charge in [-0.15, -0.1) is 0 Å². The Labute approximate surface area is 108 Å². The number of nitrogens with one attached hydrogen (secondary N) is 1. The van der Waals surface area contributed by atoms with Crippen LogP contribution >= 0.6 is 11.8 Å². The SMILES string of the molecule is COc1ccccc1CCNCC1CCSC1. The zero-order valence-electron chi connectivity index (χ0n) is 10.4. The maximum absolute atomic E-state index is 5.34. The molecule has 0 amide bonds. The van der Waals surface area contributed by atoms with Crippen molar-refractivity contribution in [2.45, 2.75) is 12.8 Å². The Balaban J connectivity index is 1.70. The van der Waals surface area contributed by atoms with Crippen LogP contribution in [0.5, 0.6) is 5.75 Å². The fraction of sp³-hybridized carbons (Fsp3) is 0.571. The minimum atomic E-state index is 0.887. The first-order chi connectivity index (χ1) is 8.40. The number of hydrogen-bond acceptors (Lipinski definition) is 3. The van der Waals surface area contributed by atoms with Crippen LogP contribution in [0, 0.1) is 5.92 Å². The third kappa shape index (κ3) is 3.93. The molecule has 1 atom stereocenters. The van der Waals surface area contributed by atoms with Crippen molar-refractivity contribution in [3.8, 4) is 5.75 Å². The van der Waals surface area contributed by atoms with E-state index in [4.69, 9.17) is 4.74 Å². The number of rotatable bonds is 6. The van der Waals surface area contributed by atoms with E-state index in [1.165, 1.54) is 30.0 Å². The fourth-order valence-corrected chi connectivity index (χ4v) is 3.47. The topological polar surface area (TPSA) is 21.3 Å². The van der Waals surface area contributed by atoms with Gasteiger partial charge in [0.2, 0.25) is 0 Å². The molecule has 1 N–H and O–H groups in total. The summed E-state index contributed by atoms with van der Waals surface area (Å²) in [6.45, 7) is 2.21. The van der Waals surface area contributed by atoms with Crippen molar-refractivity contribution in [1.29, 1.82) is 0 Å². The van der Waals surface area contributed by atoms with Gasteiger partial charge < -0.3 is 10.1 Å². The molecule has 1 fully saturated rings. The molecule has 0 radical (unpaired) electrons. The van der Waals surface area contributed by atoms with Crippen molar-refractivity contribution < 1.29 is 4.74 Å². The summed E-state index contributed by atoms with van der Waals surface area (Å²) in [5.41, 5.74) is 1.29. The minimum absolute atomic E-state index is 0.887. The predicted molar refractivity (Wildman–Crippen MR) is 75.0 cm³/mol. The Bertz CT molecular complexity index is 337. The van der Waals surface area contributed by atoms with Crippen molar-refractivity contribution in [2.75, 3.05) is 31.7 Å². The van der Waals surface area contributed by atoms with Crippen LogP contribution in [0.25, 0.3) is 0 Å². The number of ether oxygens (including phenoxy) is 1. The summed E-state index contributed by atoms with van der Waals surface area (Å²) in [6.07, 6.45) is 2.43. The first-order valence-electron chi connectivity index (χ1n) is 6.30. The third-order valence-corrected chi connectivity index (χ3v) is 4.45. The molecule has 1 saturated heterocycles. The van der Waals surface area contributed by atoms with E-state index in [1.807, 2.05) is 12.1 Å². The lowest BCUT2D eigenvalue weighted by atomic mass is 10.1. The number of hydrogen-bond donors (Lipinski definition) is 1. The van der Waals surface area contributed by atoms with Crippen LogP contribution < -0.4 is 10.1 Å². The standard InChI is InChI=1S/C14H21NOS/c1-16-14-5-3-2-4-13(14)6-8-15-10-12-7-9-17-11-12/h2-5,12,15H,6-11H2,1H3. The molecule has 0 spiro atoms. The van der Waals surface area contributed by atoms with E-state index >= 15 is 0 Å². The Morgan fingerprint density at radius 2 is 2.29 bits per heavy atom. The van der Waals surface area contributed by atoms with Gasteiger partial charge in [0.1, 0.15) is 5.75 Å². The van der Waals surface area contributed by atoms with Gasteiger partial charge in [0.25, 0.3) is 0 Å². The van der Waals surface area contributed by atoms with Crippen molar-refractivity contribution in [1.82, 2.24) is 5.32 Å². The summed E-state index contributed by atoms with van der Waals surface area (Å²) in [5.74, 6) is 4.57. The zero-order valence-corrected chi connectivity index (χ0v) is 11.3. The monoisotopic (exact) mass is 251 g/mol. The Morgan fingerprint density at radius 3 is 3.06 bits per heavy atom. The third-order valence-electron chi connectivity index (χ3n) is 3.22. The summed E-state index contributed by atoms with van der Waals surface area (Å²) in [5, 5.41) is 3.56. The lowest BCUT2D eigenvalue weighted by molar-refractivity contribution is 0.408. The molecule has 3 heteroatoms. The Hall–Kier alpha value is -0.670. The van der Waals surface area contributed by atoms with Crippen molar-refractivity contribution in [3.05, 3.63) is 29.8 Å². The lowest BCUT2D eigenvalue weighted by Crippen LogP contribution is -2.24. The van der Waals surface area contributed by atoms with Gasteiger partial charge in [0.15, 0.2) is 0 Å². The molecule has 1 unspecified atom stereocenters. The molecule has 1 aromatic carbocycles. The van der Waals surface area contributed by atoms with Crippen LogP contribution in [0.15, 0.2) is 24.3 Å². The highest BCUT2D eigenvalue weighted by Crippen LogP contribution is 2.22. The maximum atomic E-state index is 5.34. The van der Waals surface area contributed by atoms with Gasteiger partial charge >= 0.3 is 0 Å². The normalized spacial score (nSPS) is 19.5. The molecule has 0 saturated carbocycles. The molecule has 0 aromatic heterocycles. The maximum Gasteiger partial charge on any atom is 0.122 e. The molecule has 94 valence electrons. The van der Waals surface area contributed by atoms with Crippen LogP contribution in [0.2, 0.25) is 0 Å². The molecule has 0 aliphatic carbocycles. The van der Waals surface area contributed by atoms with E-state index in [0.717, 1.165) is 24.6 Å². The van der Waals surface area contributed by atoms with E-state index in [9.17, 15) is 0 Å². The highest BCUT2D eigenvalue weighted by molar-refractivity contribution is 7.99. The molecular formula is C14H21NOS. The highest BCUT2D eigenvalue weighted by Gasteiger charge is 2.14. The van der Waals surface area contributed by atoms with Crippen LogP contribution in [0.3, 0.4) is 0 Å². The van der Waals surface area contributed by atoms with Crippen molar-refractivity contribution in [2.24, 2.45) is 5.92 Å². The quantitative estimate of drug-likeness (QED) is 0.785. The molecule has 1 aliphatic rings. The van der Waals surface area contributed by atoms with Gasteiger partial charge in [0.05, 0.1) is 7.11 Å². The molecule has 1 heterocycles. The van der Waals surface area contributed by atoms with Gasteiger partial charge in [0, 0.05) is 0 Å². The number of benzene rings is 1. The van der Waals surface area contributed by atoms with E-state index in [2.05, 4.69) is 29.2 Å². The van der Waals surface area contributed by atoms with Gasteiger partial charge in [-0.3, -0.25) is 0 Å². The largest absolute Gasteiger partial charge is 0.496 e. The summed E-state index contributed by atoms with van der Waals surface area (Å²) in [6, 6.07) is 8.27. The summed E-state index contributed by atoms with van der Waals surface area (Å²) in [4.78, 5) is 0. The second-order valence-corrected chi connectivity index (χ2v) is 5.65. The predicted octanol–water partition coefficient (Wildman–Crippen LogP) is 2.58. The smallest absolute Gasteiger partial charge is 0.122 e. The number of para-hydroxylation sites is 1. The zero-order chi connectivity index (χ0) is 11.9. The Kier molecular flexibility index (Phi) is 5.20. The summed E-state index contributed by atoms with van der Waals surface area (Å²) >= 11 is 2.08. The van der Waals surface area contributed by atoms with Gasteiger partial charge in [-0.05, 0) is 55.0 Å². The van der Waals surface area contributed by atoms with E-state index in [1.54, 1.807) is 7.11 Å². The molecule has 0 bridgehead atoms. The fourth-order valence-electron chi connectivity index (χ4n) is 2.18. The summed E-state index contributed by atoms with van der Waals surface area (Å²) in [7, 11) is 1.74. The average Bonchev–Trinajstić information content (AvgIpc) is 2.88. The van der Waals surface area contributed by atoms with Crippen molar-refractivity contribution >= 4 is 11.8 Å². The molecule has 17 heavy (non-hydrogen) atoms. The number of methoxy groups -OCH3 is 1. The van der Waals surface area contributed by atoms with Crippen LogP contribution in [0.4, 0.5) is 0 Å². The second kappa shape index (κ2) is 6.92. The van der Waals surface area contributed by atoms with Gasteiger partial charge in [-0.1, -0.05) is 18.2 Å². The Morgan fingerprint density at radius 1 is 1.41 bits per heavy atom. The molecular weight excluding hydrogens is 230 g/mol. The number of thioether (sulfide) groups is 1. The molecule has 2 nitrogen and oxygen atoms in total. The second-order valence-electron chi connectivity index (χ2n) is 4.50. The highest BCUT2D eigenvalue weighted by atomic mass is 32.2. The lowest BCUT2D eigenvalue weighted by Gasteiger charge is -2.11. The van der Waals surface area contributed by atoms with Crippen LogP contribution in [-0.4, -0.2) is 31.7 Å². The van der Waals surface area contributed by atoms with Gasteiger partial charge in [-0.2, -0.15) is 11.8 Å². The van der Waals surface area contributed by atoms with E-state index in [0.29, 0.717) is 0 Å². The average molecular weight is 251 g/mol. The van der Waals surface area contributed by atoms with Crippen LogP contribution in [0.1, 0.15) is 12.0 Å². The van der Waals surface area contributed by atoms with E-state index in [-0.39, 0.29) is 0 Å². The van der Waals surface area contributed by atoms with Crippen molar-refractivity contribution in [3.63, 3.8) is 0 Å². The summed E-state index contributed by atoms with van der Waals surface area (Å²) < 4.78 is 5.34. The van der Waals surface area contributed by atoms with Gasteiger partial charge in [-0.25, -0.2) is 0 Å². The first kappa shape index (κ1) is 12.8. The van der Waals surface area contributed by atoms with E-state index < -0.39 is 0 Å². The minimum Gasteiger partial charge on any atom is -0.496 e. The van der Waals surface area contributed by atoms with Crippen LogP contribution in [-0.2, 0) is 6.42 Å². The molecule has 2 rings (SSSR count). The first-order valence-corrected chi connectivity index (χ1v) is 7.46. The molecule has 1 aromatic rings.